The molecule has 0 aliphatic carbocycles. The van der Waals surface area contributed by atoms with Crippen molar-refractivity contribution in [2.45, 2.75) is 322 Å². The Kier molecular flexibility index (Phi) is 64.8. The summed E-state index contributed by atoms with van der Waals surface area (Å²) < 4.78 is 17.0. The summed E-state index contributed by atoms with van der Waals surface area (Å²) >= 11 is 0. The second kappa shape index (κ2) is 68.3. The number of hydrogen-bond acceptors (Lipinski definition) is 6. The van der Waals surface area contributed by atoms with Crippen molar-refractivity contribution in [3.8, 4) is 0 Å². The van der Waals surface area contributed by atoms with Gasteiger partial charge in [0.2, 0.25) is 0 Å². The lowest BCUT2D eigenvalue weighted by Crippen LogP contribution is -2.30. The average Bonchev–Trinajstić information content (AvgIpc) is 3.47. The van der Waals surface area contributed by atoms with Crippen LogP contribution < -0.4 is 0 Å². The highest BCUT2D eigenvalue weighted by Gasteiger charge is 2.19. The molecule has 0 aromatic rings. The summed E-state index contributed by atoms with van der Waals surface area (Å²) in [4.78, 5) is 38.5. The average molecular weight is 1120 g/mol. The van der Waals surface area contributed by atoms with Crippen LogP contribution in [0.5, 0.6) is 0 Å². The van der Waals surface area contributed by atoms with Gasteiger partial charge in [0.25, 0.3) is 0 Å². The fourth-order valence-electron chi connectivity index (χ4n) is 9.40. The number of carbonyl (C=O) groups excluding carboxylic acids is 3. The van der Waals surface area contributed by atoms with Crippen LogP contribution in [0.4, 0.5) is 0 Å². The van der Waals surface area contributed by atoms with Crippen LogP contribution in [-0.2, 0) is 28.6 Å². The summed E-state index contributed by atoms with van der Waals surface area (Å²) in [5.74, 6) is -0.898. The molecule has 0 aliphatic rings. The lowest BCUT2D eigenvalue weighted by Gasteiger charge is -2.18. The zero-order valence-corrected chi connectivity index (χ0v) is 53.0. The molecule has 0 spiro atoms. The lowest BCUT2D eigenvalue weighted by atomic mass is 10.1. The van der Waals surface area contributed by atoms with E-state index in [-0.39, 0.29) is 31.1 Å². The van der Waals surface area contributed by atoms with Crippen LogP contribution >= 0.6 is 0 Å². The van der Waals surface area contributed by atoms with E-state index in [1.54, 1.807) is 0 Å². The highest BCUT2D eigenvalue weighted by Crippen LogP contribution is 2.16. The van der Waals surface area contributed by atoms with Crippen LogP contribution in [0.2, 0.25) is 0 Å². The molecule has 0 saturated carbocycles. The highest BCUT2D eigenvalue weighted by molar-refractivity contribution is 5.71. The van der Waals surface area contributed by atoms with Crippen LogP contribution in [0.15, 0.2) is 122 Å². The van der Waals surface area contributed by atoms with Gasteiger partial charge in [0.05, 0.1) is 0 Å². The number of esters is 3. The topological polar surface area (TPSA) is 78.9 Å². The van der Waals surface area contributed by atoms with Crippen molar-refractivity contribution >= 4 is 17.9 Å². The zero-order valence-electron chi connectivity index (χ0n) is 53.0. The van der Waals surface area contributed by atoms with Crippen molar-refractivity contribution in [2.75, 3.05) is 13.2 Å². The van der Waals surface area contributed by atoms with Gasteiger partial charge in [-0.1, -0.05) is 290 Å². The second-order valence-corrected chi connectivity index (χ2v) is 22.3. The zero-order chi connectivity index (χ0) is 58.5. The Morgan fingerprint density at radius 2 is 0.481 bits per heavy atom. The minimum absolute atomic E-state index is 0.0876. The maximum Gasteiger partial charge on any atom is 0.306 e. The molecule has 0 aromatic heterocycles. The van der Waals surface area contributed by atoms with Gasteiger partial charge in [0.1, 0.15) is 13.2 Å². The van der Waals surface area contributed by atoms with Crippen LogP contribution in [0.3, 0.4) is 0 Å². The molecule has 0 saturated heterocycles. The van der Waals surface area contributed by atoms with Crippen molar-refractivity contribution in [3.05, 3.63) is 122 Å². The van der Waals surface area contributed by atoms with Gasteiger partial charge < -0.3 is 14.2 Å². The SMILES string of the molecule is CC/C=C\C/C=C\C/C=C\C/C=C\C/C=C\CCCCCCCCCCCC(=O)OCC(COC(=O)CCCCCCCCC/C=C\C/C=C\C/C=C\CC)OC(=O)CCCCCCCCCCC/C=C\C/C=C\CCCCCCC. The van der Waals surface area contributed by atoms with Crippen LogP contribution in [0.1, 0.15) is 316 Å². The van der Waals surface area contributed by atoms with Gasteiger partial charge >= 0.3 is 17.9 Å². The Bertz CT molecular complexity index is 1670. The summed E-state index contributed by atoms with van der Waals surface area (Å²) in [5.41, 5.74) is 0. The Labute approximate surface area is 501 Å². The Morgan fingerprint density at radius 3 is 0.753 bits per heavy atom. The first-order valence-corrected chi connectivity index (χ1v) is 34.0. The van der Waals surface area contributed by atoms with Crippen LogP contribution in [-0.4, -0.2) is 37.2 Å². The summed E-state index contributed by atoms with van der Waals surface area (Å²) in [6.07, 6.45) is 94.9. The van der Waals surface area contributed by atoms with Crippen molar-refractivity contribution in [3.63, 3.8) is 0 Å². The number of hydrogen-bond donors (Lipinski definition) is 0. The van der Waals surface area contributed by atoms with Crippen molar-refractivity contribution < 1.29 is 28.6 Å². The molecule has 6 nitrogen and oxygen atoms in total. The molecule has 462 valence electrons. The number of allylic oxidation sites excluding steroid dienone is 20. The number of unbranched alkanes of at least 4 members (excludes halogenated alkanes) is 30. The van der Waals surface area contributed by atoms with Crippen molar-refractivity contribution in [1.82, 2.24) is 0 Å². The van der Waals surface area contributed by atoms with Gasteiger partial charge in [-0.25, -0.2) is 0 Å². The predicted octanol–water partition coefficient (Wildman–Crippen LogP) is 23.6. The smallest absolute Gasteiger partial charge is 0.306 e. The molecule has 0 N–H and O–H groups in total. The van der Waals surface area contributed by atoms with Crippen molar-refractivity contribution in [2.24, 2.45) is 0 Å². The molecule has 0 heterocycles. The third-order valence-electron chi connectivity index (χ3n) is 14.4. The molecule has 0 rings (SSSR count). The van der Waals surface area contributed by atoms with E-state index < -0.39 is 6.10 Å². The first kappa shape index (κ1) is 76.8. The molecule has 0 aromatic carbocycles. The normalized spacial score (nSPS) is 12.9. The Balaban J connectivity index is 4.40. The van der Waals surface area contributed by atoms with E-state index in [0.29, 0.717) is 19.3 Å². The van der Waals surface area contributed by atoms with E-state index in [1.807, 2.05) is 0 Å². The molecule has 81 heavy (non-hydrogen) atoms. The van der Waals surface area contributed by atoms with E-state index >= 15 is 0 Å². The standard InChI is InChI=1S/C75H126O6/c1-4-7-10-13-16-19-22-25-28-31-33-35-36-37-38-40-41-44-47-50-53-56-59-62-65-68-74(77)80-71-72(70-79-73(76)67-64-61-58-55-52-49-46-43-30-27-24-21-18-15-12-9-6-3)81-75(78)69-66-63-60-57-54-51-48-45-42-39-34-32-29-26-23-20-17-14-11-8-5-2/h7,9-10,12,16,18-19,21,23,25-28,30,32-35,37-38,72H,4-6,8,11,13-15,17,20,22,24,29,31,36,39-71H2,1-3H3/b10-7-,12-9-,19-16-,21-18-,26-23-,28-25-,30-27-,34-32-,35-33-,38-37-. The number of carbonyl (C=O) groups is 3. The molecular formula is C75H126O6. The van der Waals surface area contributed by atoms with Gasteiger partial charge in [-0.15, -0.1) is 0 Å². The molecule has 6 heteroatoms. The first-order valence-electron chi connectivity index (χ1n) is 34.0. The third-order valence-corrected chi connectivity index (χ3v) is 14.4. The molecule has 0 aliphatic heterocycles. The summed E-state index contributed by atoms with van der Waals surface area (Å²) in [6, 6.07) is 0. The Hall–Kier alpha value is -4.19. The van der Waals surface area contributed by atoms with Gasteiger partial charge in [0.15, 0.2) is 6.10 Å². The first-order chi connectivity index (χ1) is 40.0. The van der Waals surface area contributed by atoms with E-state index in [2.05, 4.69) is 142 Å². The third kappa shape index (κ3) is 66.5. The van der Waals surface area contributed by atoms with Crippen LogP contribution in [0.25, 0.3) is 0 Å². The monoisotopic (exact) mass is 1120 g/mol. The molecule has 0 amide bonds. The van der Waals surface area contributed by atoms with E-state index in [0.717, 1.165) is 128 Å². The largest absolute Gasteiger partial charge is 0.462 e. The maximum atomic E-state index is 13.0. The number of ether oxygens (including phenoxy) is 3. The minimum Gasteiger partial charge on any atom is -0.462 e. The predicted molar refractivity (Wildman–Crippen MR) is 353 cm³/mol. The second-order valence-electron chi connectivity index (χ2n) is 22.3. The van der Waals surface area contributed by atoms with Gasteiger partial charge in [0, 0.05) is 19.3 Å². The molecular weight excluding hydrogens is 997 g/mol. The van der Waals surface area contributed by atoms with E-state index in [4.69, 9.17) is 14.2 Å². The Morgan fingerprint density at radius 1 is 0.259 bits per heavy atom. The van der Waals surface area contributed by atoms with Gasteiger partial charge in [-0.2, -0.15) is 0 Å². The van der Waals surface area contributed by atoms with E-state index in [9.17, 15) is 14.4 Å². The maximum absolute atomic E-state index is 13.0. The quantitative estimate of drug-likeness (QED) is 0.0261. The van der Waals surface area contributed by atoms with E-state index in [1.165, 1.54) is 148 Å². The lowest BCUT2D eigenvalue weighted by molar-refractivity contribution is -0.167. The molecule has 1 unspecified atom stereocenters. The number of rotatable bonds is 61. The summed E-state index contributed by atoms with van der Waals surface area (Å²) in [5, 5.41) is 0. The molecule has 0 fully saturated rings. The minimum atomic E-state index is -0.793. The van der Waals surface area contributed by atoms with Gasteiger partial charge in [-0.3, -0.25) is 14.4 Å². The molecule has 0 radical (unpaired) electrons. The fourth-order valence-corrected chi connectivity index (χ4v) is 9.40. The fraction of sp³-hybridized carbons (Fsp3) is 0.693. The van der Waals surface area contributed by atoms with Crippen LogP contribution in [0, 0.1) is 0 Å². The van der Waals surface area contributed by atoms with Crippen molar-refractivity contribution in [1.29, 1.82) is 0 Å². The highest BCUT2D eigenvalue weighted by atomic mass is 16.6. The molecule has 0 bridgehead atoms. The molecule has 1 atom stereocenters. The van der Waals surface area contributed by atoms with Gasteiger partial charge in [-0.05, 0) is 128 Å². The summed E-state index contributed by atoms with van der Waals surface area (Å²) in [7, 11) is 0. The summed E-state index contributed by atoms with van der Waals surface area (Å²) in [6.45, 7) is 6.42.